The normalized spacial score (nSPS) is 25.4. The molecular formula is C15H23N2O3+. The van der Waals surface area contributed by atoms with Gasteiger partial charge in [0, 0.05) is 12.8 Å². The molecule has 20 heavy (non-hydrogen) atoms. The predicted octanol–water partition coefficient (Wildman–Crippen LogP) is 1.42. The van der Waals surface area contributed by atoms with Crippen molar-refractivity contribution in [3.8, 4) is 0 Å². The van der Waals surface area contributed by atoms with Gasteiger partial charge >= 0.3 is 6.09 Å². The number of benzene rings is 1. The third kappa shape index (κ3) is 3.11. The van der Waals surface area contributed by atoms with E-state index >= 15 is 0 Å². The first-order valence-electron chi connectivity index (χ1n) is 6.97. The zero-order chi connectivity index (χ0) is 14.6. The van der Waals surface area contributed by atoms with Crippen molar-refractivity contribution in [2.24, 2.45) is 0 Å². The Hall–Kier alpha value is -1.59. The van der Waals surface area contributed by atoms with Crippen molar-refractivity contribution in [1.29, 1.82) is 0 Å². The van der Waals surface area contributed by atoms with E-state index in [0.29, 0.717) is 11.1 Å². The van der Waals surface area contributed by atoms with Gasteiger partial charge in [-0.2, -0.15) is 5.01 Å². The average Bonchev–Trinajstić information content (AvgIpc) is 2.87. The van der Waals surface area contributed by atoms with E-state index in [2.05, 4.69) is 12.1 Å². The second kappa shape index (κ2) is 6.24. The minimum absolute atomic E-state index is 0.349. The summed E-state index contributed by atoms with van der Waals surface area (Å²) in [5.41, 5.74) is 1.24. The summed E-state index contributed by atoms with van der Waals surface area (Å²) >= 11 is 0. The lowest BCUT2D eigenvalue weighted by molar-refractivity contribution is -1.01. The molecule has 0 bridgehead atoms. The summed E-state index contributed by atoms with van der Waals surface area (Å²) < 4.78 is 5.29. The molecule has 0 radical (unpaired) electrons. The highest BCUT2D eigenvalue weighted by molar-refractivity contribution is 5.65. The third-order valence-corrected chi connectivity index (χ3v) is 4.16. The molecule has 1 N–H and O–H groups in total. The Morgan fingerprint density at radius 1 is 1.45 bits per heavy atom. The number of likely N-dealkylation sites (tertiary alicyclic amines) is 1. The quantitative estimate of drug-likeness (QED) is 0.848. The number of methoxy groups -OCH3 is 1. The van der Waals surface area contributed by atoms with E-state index in [-0.39, 0.29) is 12.2 Å². The molecule has 1 unspecified atom stereocenters. The van der Waals surface area contributed by atoms with E-state index < -0.39 is 0 Å². The molecule has 1 saturated heterocycles. The Labute approximate surface area is 119 Å². The molecule has 2 rings (SSSR count). The summed E-state index contributed by atoms with van der Waals surface area (Å²) in [6, 6.07) is 10.2. The fourth-order valence-corrected chi connectivity index (χ4v) is 2.88. The van der Waals surface area contributed by atoms with Gasteiger partial charge in [-0.25, -0.2) is 9.39 Å². The molecule has 1 fully saturated rings. The van der Waals surface area contributed by atoms with Gasteiger partial charge in [0.1, 0.15) is 25.7 Å². The Morgan fingerprint density at radius 3 is 2.70 bits per heavy atom. The molecule has 1 aromatic carbocycles. The van der Waals surface area contributed by atoms with Gasteiger partial charge in [-0.05, 0) is 5.56 Å². The van der Waals surface area contributed by atoms with Crippen LogP contribution in [0.4, 0.5) is 4.79 Å². The van der Waals surface area contributed by atoms with E-state index in [1.165, 1.54) is 12.7 Å². The molecular weight excluding hydrogens is 256 g/mol. The molecule has 1 aliphatic heterocycles. The fourth-order valence-electron chi connectivity index (χ4n) is 2.88. The number of hydrogen-bond donors (Lipinski definition) is 1. The van der Waals surface area contributed by atoms with Crippen LogP contribution in [0.2, 0.25) is 0 Å². The maximum Gasteiger partial charge on any atom is 0.453 e. The van der Waals surface area contributed by atoms with E-state index in [1.807, 2.05) is 18.2 Å². The van der Waals surface area contributed by atoms with Gasteiger partial charge in [-0.3, -0.25) is 0 Å². The molecule has 5 heteroatoms. The van der Waals surface area contributed by atoms with Crippen molar-refractivity contribution in [2.75, 3.05) is 33.8 Å². The molecule has 0 spiro atoms. The Morgan fingerprint density at radius 2 is 2.15 bits per heavy atom. The summed E-state index contributed by atoms with van der Waals surface area (Å²) in [6.07, 6.45) is 0.885. The van der Waals surface area contributed by atoms with Gasteiger partial charge in [0.15, 0.2) is 0 Å². The Kier molecular flexibility index (Phi) is 4.62. The lowest BCUT2D eigenvalue weighted by Crippen LogP contribution is -2.60. The maximum absolute atomic E-state index is 11.8. The van der Waals surface area contributed by atoms with Crippen LogP contribution in [0.5, 0.6) is 0 Å². The molecule has 1 heterocycles. The highest BCUT2D eigenvalue weighted by Crippen LogP contribution is 2.24. The van der Waals surface area contributed by atoms with Crippen LogP contribution in [0.3, 0.4) is 0 Å². The van der Waals surface area contributed by atoms with E-state index in [9.17, 15) is 9.90 Å². The van der Waals surface area contributed by atoms with E-state index in [0.717, 1.165) is 25.9 Å². The first-order chi connectivity index (χ1) is 9.57. The van der Waals surface area contributed by atoms with Crippen LogP contribution in [-0.4, -0.2) is 60.7 Å². The summed E-state index contributed by atoms with van der Waals surface area (Å²) in [5, 5.41) is 11.5. The Balaban J connectivity index is 2.10. The number of hydrogen-bond acceptors (Lipinski definition) is 3. The molecule has 1 aliphatic rings. The summed E-state index contributed by atoms with van der Waals surface area (Å²) in [5.74, 6) is 0. The third-order valence-electron chi connectivity index (χ3n) is 4.16. The van der Waals surface area contributed by atoms with Crippen LogP contribution in [0.1, 0.15) is 12.0 Å². The summed E-state index contributed by atoms with van der Waals surface area (Å²) in [6.45, 7) is 2.12. The minimum atomic E-state index is -0.354. The van der Waals surface area contributed by atoms with Crippen LogP contribution in [0.15, 0.2) is 30.3 Å². The zero-order valence-electron chi connectivity index (χ0n) is 12.2. The number of carbonyl (C=O) groups is 1. The highest BCUT2D eigenvalue weighted by atomic mass is 16.5. The smallest absolute Gasteiger partial charge is 0.450 e. The van der Waals surface area contributed by atoms with Crippen molar-refractivity contribution in [1.82, 2.24) is 5.01 Å². The molecule has 5 nitrogen and oxygen atoms in total. The largest absolute Gasteiger partial charge is 0.453 e. The van der Waals surface area contributed by atoms with Crippen molar-refractivity contribution in [3.05, 3.63) is 35.9 Å². The van der Waals surface area contributed by atoms with E-state index in [1.54, 1.807) is 12.1 Å². The first kappa shape index (κ1) is 14.8. The lowest BCUT2D eigenvalue weighted by atomic mass is 10.1. The van der Waals surface area contributed by atoms with E-state index in [4.69, 9.17) is 4.74 Å². The number of amides is 1. The number of aliphatic hydroxyl groups is 1. The highest BCUT2D eigenvalue weighted by Gasteiger charge is 2.44. The lowest BCUT2D eigenvalue weighted by Gasteiger charge is -2.39. The van der Waals surface area contributed by atoms with Gasteiger partial charge in [0.2, 0.25) is 0 Å². The van der Waals surface area contributed by atoms with Gasteiger partial charge in [0.05, 0.1) is 14.2 Å². The number of carbonyl (C=O) groups excluding carboxylic acids is 1. The SMILES string of the molecule is COC(=O)N(C)[N+]1(CCc2ccccc2)CC[C@H](O)C1. The summed E-state index contributed by atoms with van der Waals surface area (Å²) in [4.78, 5) is 11.8. The average molecular weight is 279 g/mol. The molecule has 0 aliphatic carbocycles. The van der Waals surface area contributed by atoms with Crippen molar-refractivity contribution in [2.45, 2.75) is 18.9 Å². The Bertz CT molecular complexity index is 452. The van der Waals surface area contributed by atoms with Crippen molar-refractivity contribution in [3.63, 3.8) is 0 Å². The fraction of sp³-hybridized carbons (Fsp3) is 0.533. The number of rotatable bonds is 4. The molecule has 0 aromatic heterocycles. The predicted molar refractivity (Wildman–Crippen MR) is 75.8 cm³/mol. The standard InChI is InChI=1S/C15H23N2O3/c1-16(15(19)20-2)17(11-9-14(18)12-17)10-8-13-6-4-3-5-7-13/h3-7,14,18H,8-12H2,1-2H3/q+1/t14-,17?/m0/s1. The number of ether oxygens (including phenoxy) is 1. The second-order valence-corrected chi connectivity index (χ2v) is 5.40. The molecule has 110 valence electrons. The number of quaternary nitrogens is 1. The van der Waals surface area contributed by atoms with Gasteiger partial charge in [-0.15, -0.1) is 0 Å². The topological polar surface area (TPSA) is 49.8 Å². The molecule has 1 amide bonds. The van der Waals surface area contributed by atoms with Crippen LogP contribution in [0, 0.1) is 0 Å². The van der Waals surface area contributed by atoms with Crippen LogP contribution >= 0.6 is 0 Å². The first-order valence-corrected chi connectivity index (χ1v) is 6.97. The van der Waals surface area contributed by atoms with Gasteiger partial charge in [-0.1, -0.05) is 30.3 Å². The molecule has 2 atom stereocenters. The zero-order valence-corrected chi connectivity index (χ0v) is 12.2. The van der Waals surface area contributed by atoms with Crippen molar-refractivity contribution < 1.29 is 19.2 Å². The number of nitrogens with zero attached hydrogens (tertiary/aromatic N) is 2. The monoisotopic (exact) mass is 279 g/mol. The van der Waals surface area contributed by atoms with Crippen LogP contribution < -0.4 is 0 Å². The maximum atomic E-state index is 11.8. The second-order valence-electron chi connectivity index (χ2n) is 5.40. The number of aliphatic hydroxyl groups excluding tert-OH is 1. The van der Waals surface area contributed by atoms with Crippen molar-refractivity contribution >= 4 is 6.09 Å². The van der Waals surface area contributed by atoms with Crippen LogP contribution in [-0.2, 0) is 11.2 Å². The summed E-state index contributed by atoms with van der Waals surface area (Å²) in [7, 11) is 3.13. The molecule has 0 saturated carbocycles. The molecule has 1 aromatic rings. The van der Waals surface area contributed by atoms with Gasteiger partial charge < -0.3 is 9.84 Å². The minimum Gasteiger partial charge on any atom is -0.450 e. The van der Waals surface area contributed by atoms with Gasteiger partial charge in [0.25, 0.3) is 0 Å². The van der Waals surface area contributed by atoms with Crippen LogP contribution in [0.25, 0.3) is 0 Å².